The van der Waals surface area contributed by atoms with Gasteiger partial charge in [0.05, 0.1) is 9.71 Å². The zero-order chi connectivity index (χ0) is 8.72. The number of hydrogen-bond acceptors (Lipinski definition) is 2. The summed E-state index contributed by atoms with van der Waals surface area (Å²) in [5.41, 5.74) is 0.418. The van der Waals surface area contributed by atoms with Crippen LogP contribution in [0.3, 0.4) is 0 Å². The Labute approximate surface area is 77.8 Å². The van der Waals surface area contributed by atoms with Crippen molar-refractivity contribution in [3.8, 4) is 0 Å². The quantitative estimate of drug-likeness (QED) is 0.637. The average Bonchev–Trinajstić information content (AvgIpc) is 2.29. The summed E-state index contributed by atoms with van der Waals surface area (Å²) in [6, 6.07) is 3.01. The third kappa shape index (κ3) is 1.19. The highest BCUT2D eigenvalue weighted by molar-refractivity contribution is 7.18. The second-order valence-corrected chi connectivity index (χ2v) is 4.14. The van der Waals surface area contributed by atoms with Gasteiger partial charge in [-0.3, -0.25) is 0 Å². The van der Waals surface area contributed by atoms with E-state index in [9.17, 15) is 4.39 Å². The number of thiazole rings is 1. The number of rotatable bonds is 0. The van der Waals surface area contributed by atoms with E-state index in [2.05, 4.69) is 4.98 Å². The molecule has 0 aliphatic heterocycles. The first kappa shape index (κ1) is 7.95. The molecule has 0 bridgehead atoms. The van der Waals surface area contributed by atoms with Crippen molar-refractivity contribution in [1.29, 1.82) is 0 Å². The van der Waals surface area contributed by atoms with Crippen LogP contribution in [0.2, 0.25) is 5.02 Å². The fraction of sp³-hybridized carbons (Fsp3) is 0.125. The van der Waals surface area contributed by atoms with Crippen LogP contribution in [-0.4, -0.2) is 4.98 Å². The lowest BCUT2D eigenvalue weighted by atomic mass is 10.3. The van der Waals surface area contributed by atoms with E-state index in [1.165, 1.54) is 17.4 Å². The Kier molecular flexibility index (Phi) is 1.77. The second kappa shape index (κ2) is 2.68. The molecule has 1 nitrogen and oxygen atoms in total. The Bertz CT molecular complexity index is 438. The third-order valence-corrected chi connectivity index (χ3v) is 2.66. The molecule has 4 heteroatoms. The molecule has 1 aromatic carbocycles. The van der Waals surface area contributed by atoms with Crippen molar-refractivity contribution in [2.24, 2.45) is 0 Å². The van der Waals surface area contributed by atoms with Gasteiger partial charge in [-0.2, -0.15) is 0 Å². The van der Waals surface area contributed by atoms with Gasteiger partial charge in [0.1, 0.15) is 5.52 Å². The molecule has 2 rings (SSSR count). The highest BCUT2D eigenvalue weighted by Crippen LogP contribution is 2.27. The summed E-state index contributed by atoms with van der Waals surface area (Å²) in [6.45, 7) is 1.85. The highest BCUT2D eigenvalue weighted by atomic mass is 35.5. The average molecular weight is 202 g/mol. The van der Waals surface area contributed by atoms with Gasteiger partial charge < -0.3 is 0 Å². The van der Waals surface area contributed by atoms with Crippen LogP contribution in [-0.2, 0) is 0 Å². The first-order chi connectivity index (χ1) is 5.66. The second-order valence-electron chi connectivity index (χ2n) is 2.47. The Morgan fingerprint density at radius 3 is 3.00 bits per heavy atom. The molecule has 0 radical (unpaired) electrons. The first-order valence-electron chi connectivity index (χ1n) is 3.39. The summed E-state index contributed by atoms with van der Waals surface area (Å²) < 4.78 is 13.9. The molecule has 0 saturated carbocycles. The number of hydrogen-bond donors (Lipinski definition) is 0. The standard InChI is InChI=1S/C8H5ClFNS/c1-4-11-8-6(10)2-5(9)3-7(8)12-4/h2-3H,1H3. The molecular weight excluding hydrogens is 197 g/mol. The molecule has 1 aromatic heterocycles. The van der Waals surface area contributed by atoms with E-state index in [1.54, 1.807) is 6.07 Å². The first-order valence-corrected chi connectivity index (χ1v) is 4.58. The van der Waals surface area contributed by atoms with Crippen LogP contribution in [0, 0.1) is 12.7 Å². The van der Waals surface area contributed by atoms with Gasteiger partial charge in [0.2, 0.25) is 0 Å². The van der Waals surface area contributed by atoms with Crippen LogP contribution < -0.4 is 0 Å². The largest absolute Gasteiger partial charge is 0.238 e. The van der Waals surface area contributed by atoms with Gasteiger partial charge in [-0.1, -0.05) is 11.6 Å². The van der Waals surface area contributed by atoms with E-state index in [4.69, 9.17) is 11.6 Å². The van der Waals surface area contributed by atoms with Crippen LogP contribution in [0.1, 0.15) is 5.01 Å². The summed E-state index contributed by atoms with van der Waals surface area (Å²) in [4.78, 5) is 4.04. The van der Waals surface area contributed by atoms with Crippen LogP contribution >= 0.6 is 22.9 Å². The van der Waals surface area contributed by atoms with Crippen molar-refractivity contribution < 1.29 is 4.39 Å². The Morgan fingerprint density at radius 2 is 2.25 bits per heavy atom. The van der Waals surface area contributed by atoms with E-state index in [0.29, 0.717) is 10.5 Å². The van der Waals surface area contributed by atoms with Gasteiger partial charge >= 0.3 is 0 Å². The molecule has 62 valence electrons. The lowest BCUT2D eigenvalue weighted by Crippen LogP contribution is -1.77. The number of aromatic nitrogens is 1. The molecule has 0 N–H and O–H groups in total. The molecular formula is C8H5ClFNS. The van der Waals surface area contributed by atoms with Crippen LogP contribution in [0.5, 0.6) is 0 Å². The Balaban J connectivity index is 2.88. The van der Waals surface area contributed by atoms with E-state index in [-0.39, 0.29) is 5.82 Å². The molecule has 0 fully saturated rings. The van der Waals surface area contributed by atoms with Crippen molar-refractivity contribution in [3.63, 3.8) is 0 Å². The maximum Gasteiger partial charge on any atom is 0.151 e. The molecule has 1 heterocycles. The van der Waals surface area contributed by atoms with Gasteiger partial charge in [0.15, 0.2) is 5.82 Å². The number of aryl methyl sites for hydroxylation is 1. The summed E-state index contributed by atoms with van der Waals surface area (Å²) in [6.07, 6.45) is 0. The smallest absolute Gasteiger partial charge is 0.151 e. The minimum atomic E-state index is -0.346. The van der Waals surface area contributed by atoms with Gasteiger partial charge in [0, 0.05) is 5.02 Å². The molecule has 0 aliphatic carbocycles. The van der Waals surface area contributed by atoms with Crippen LogP contribution in [0.25, 0.3) is 10.2 Å². The molecule has 0 unspecified atom stereocenters. The summed E-state index contributed by atoms with van der Waals surface area (Å²) in [7, 11) is 0. The fourth-order valence-corrected chi connectivity index (χ4v) is 2.22. The summed E-state index contributed by atoms with van der Waals surface area (Å²) in [5.74, 6) is -0.346. The van der Waals surface area contributed by atoms with Crippen LogP contribution in [0.4, 0.5) is 4.39 Å². The molecule has 0 aliphatic rings. The predicted molar refractivity (Wildman–Crippen MR) is 49.3 cm³/mol. The van der Waals surface area contributed by atoms with E-state index < -0.39 is 0 Å². The lowest BCUT2D eigenvalue weighted by molar-refractivity contribution is 0.637. The zero-order valence-electron chi connectivity index (χ0n) is 6.27. The fourth-order valence-electron chi connectivity index (χ4n) is 1.07. The third-order valence-electron chi connectivity index (χ3n) is 1.52. The maximum absolute atomic E-state index is 13.1. The number of benzene rings is 1. The SMILES string of the molecule is Cc1nc2c(F)cc(Cl)cc2s1. The van der Waals surface area contributed by atoms with Crippen molar-refractivity contribution in [2.45, 2.75) is 6.92 Å². The van der Waals surface area contributed by atoms with E-state index >= 15 is 0 Å². The van der Waals surface area contributed by atoms with Gasteiger partial charge in [-0.25, -0.2) is 9.37 Å². The number of nitrogens with zero attached hydrogens (tertiary/aromatic N) is 1. The predicted octanol–water partition coefficient (Wildman–Crippen LogP) is 3.40. The summed E-state index contributed by atoms with van der Waals surface area (Å²) in [5, 5.41) is 1.27. The van der Waals surface area contributed by atoms with E-state index in [1.807, 2.05) is 6.92 Å². The van der Waals surface area contributed by atoms with Crippen molar-refractivity contribution in [1.82, 2.24) is 4.98 Å². The molecule has 12 heavy (non-hydrogen) atoms. The normalized spacial score (nSPS) is 10.9. The minimum absolute atomic E-state index is 0.346. The molecule has 0 atom stereocenters. The number of fused-ring (bicyclic) bond motifs is 1. The highest BCUT2D eigenvalue weighted by Gasteiger charge is 2.06. The molecule has 2 aromatic rings. The van der Waals surface area contributed by atoms with Gasteiger partial charge in [-0.05, 0) is 19.1 Å². The van der Waals surface area contributed by atoms with Gasteiger partial charge in [-0.15, -0.1) is 11.3 Å². The maximum atomic E-state index is 13.1. The molecule has 0 spiro atoms. The van der Waals surface area contributed by atoms with Crippen molar-refractivity contribution in [3.05, 3.63) is 28.0 Å². The topological polar surface area (TPSA) is 12.9 Å². The van der Waals surface area contributed by atoms with Crippen molar-refractivity contribution in [2.75, 3.05) is 0 Å². The number of halogens is 2. The lowest BCUT2D eigenvalue weighted by Gasteiger charge is -1.91. The molecule has 0 saturated heterocycles. The van der Waals surface area contributed by atoms with Crippen molar-refractivity contribution >= 4 is 33.2 Å². The minimum Gasteiger partial charge on any atom is -0.238 e. The van der Waals surface area contributed by atoms with Gasteiger partial charge in [0.25, 0.3) is 0 Å². The van der Waals surface area contributed by atoms with Crippen LogP contribution in [0.15, 0.2) is 12.1 Å². The Morgan fingerprint density at radius 1 is 1.50 bits per heavy atom. The Hall–Kier alpha value is -0.670. The zero-order valence-corrected chi connectivity index (χ0v) is 7.84. The monoisotopic (exact) mass is 201 g/mol. The summed E-state index contributed by atoms with van der Waals surface area (Å²) >= 11 is 7.12. The van der Waals surface area contributed by atoms with E-state index in [0.717, 1.165) is 9.71 Å². The molecule has 0 amide bonds.